The van der Waals surface area contributed by atoms with Crippen LogP contribution in [0, 0.1) is 17.0 Å². The van der Waals surface area contributed by atoms with Gasteiger partial charge in [0.1, 0.15) is 18.1 Å². The molecule has 2 aromatic heterocycles. The van der Waals surface area contributed by atoms with E-state index in [1.807, 2.05) is 16.8 Å². The van der Waals surface area contributed by atoms with Gasteiger partial charge in [0.25, 0.3) is 5.69 Å². The van der Waals surface area contributed by atoms with Gasteiger partial charge in [-0.1, -0.05) is 19.6 Å². The maximum Gasteiger partial charge on any atom is 0.291 e. The van der Waals surface area contributed by atoms with Gasteiger partial charge in [-0.05, 0) is 19.0 Å². The van der Waals surface area contributed by atoms with Crippen molar-refractivity contribution in [3.63, 3.8) is 0 Å². The number of fused-ring (bicyclic) bond motifs is 1. The third-order valence-corrected chi connectivity index (χ3v) is 5.03. The van der Waals surface area contributed by atoms with Gasteiger partial charge in [-0.15, -0.1) is 0 Å². The number of rotatable bonds is 6. The Labute approximate surface area is 124 Å². The smallest absolute Gasteiger partial charge is 0.291 e. The zero-order valence-electron chi connectivity index (χ0n) is 12.9. The lowest BCUT2D eigenvalue weighted by atomic mass is 10.2. The third kappa shape index (κ3) is 3.89. The highest BCUT2D eigenvalue weighted by Gasteiger charge is 2.15. The summed E-state index contributed by atoms with van der Waals surface area (Å²) >= 11 is 0. The number of ether oxygens (including phenoxy) is 1. The van der Waals surface area contributed by atoms with E-state index < -0.39 is 13.0 Å². The van der Waals surface area contributed by atoms with Crippen LogP contribution in [-0.4, -0.2) is 29.2 Å². The Balaban J connectivity index is 2.11. The summed E-state index contributed by atoms with van der Waals surface area (Å²) in [6.45, 7) is 9.75. The average molecular weight is 307 g/mol. The highest BCUT2D eigenvalue weighted by molar-refractivity contribution is 6.76. The van der Waals surface area contributed by atoms with Gasteiger partial charge in [-0.3, -0.25) is 10.1 Å². The molecule has 0 fully saturated rings. The second kappa shape index (κ2) is 5.95. The van der Waals surface area contributed by atoms with Crippen LogP contribution in [0.3, 0.4) is 0 Å². The number of hydrogen-bond donors (Lipinski definition) is 0. The van der Waals surface area contributed by atoms with Crippen molar-refractivity contribution >= 4 is 24.8 Å². The molecule has 0 bridgehead atoms. The van der Waals surface area contributed by atoms with E-state index in [1.165, 1.54) is 0 Å². The summed E-state index contributed by atoms with van der Waals surface area (Å²) in [5.74, 6) is 0. The Hall–Kier alpha value is -1.73. The molecule has 0 N–H and O–H groups in total. The first-order valence-corrected chi connectivity index (χ1v) is 10.7. The van der Waals surface area contributed by atoms with E-state index in [2.05, 4.69) is 24.6 Å². The zero-order valence-corrected chi connectivity index (χ0v) is 13.9. The molecule has 6 nitrogen and oxygen atoms in total. The molecule has 0 saturated carbocycles. The van der Waals surface area contributed by atoms with Gasteiger partial charge in [0, 0.05) is 32.3 Å². The van der Waals surface area contributed by atoms with Crippen LogP contribution >= 0.6 is 0 Å². The number of nitro groups is 1. The first kappa shape index (κ1) is 15.7. The molecule has 0 spiro atoms. The molecule has 7 heteroatoms. The third-order valence-electron chi connectivity index (χ3n) is 3.32. The maximum atomic E-state index is 10.9. The van der Waals surface area contributed by atoms with E-state index >= 15 is 0 Å². The Morgan fingerprint density at radius 3 is 2.76 bits per heavy atom. The van der Waals surface area contributed by atoms with Gasteiger partial charge in [0.15, 0.2) is 0 Å². The fourth-order valence-electron chi connectivity index (χ4n) is 2.02. The first-order chi connectivity index (χ1) is 9.78. The lowest BCUT2D eigenvalue weighted by molar-refractivity contribution is -0.385. The summed E-state index contributed by atoms with van der Waals surface area (Å²) in [5.41, 5.74) is 1.21. The number of pyridine rings is 1. The van der Waals surface area contributed by atoms with Crippen molar-refractivity contribution in [1.29, 1.82) is 0 Å². The predicted octanol–water partition coefficient (Wildman–Crippen LogP) is 3.57. The molecule has 0 radical (unpaired) electrons. The van der Waals surface area contributed by atoms with E-state index in [0.29, 0.717) is 12.4 Å². The Bertz CT molecular complexity index is 661. The maximum absolute atomic E-state index is 10.9. The van der Waals surface area contributed by atoms with Gasteiger partial charge in [-0.2, -0.15) is 0 Å². The van der Waals surface area contributed by atoms with Crippen LogP contribution in [0.1, 0.15) is 5.69 Å². The zero-order chi connectivity index (χ0) is 15.6. The number of hydrogen-bond acceptors (Lipinski definition) is 4. The van der Waals surface area contributed by atoms with E-state index in [0.717, 1.165) is 23.7 Å². The molecular formula is C14H21N3O3Si. The highest BCUT2D eigenvalue weighted by atomic mass is 28.3. The minimum Gasteiger partial charge on any atom is -0.361 e. The summed E-state index contributed by atoms with van der Waals surface area (Å²) < 4.78 is 7.59. The molecule has 0 atom stereocenters. The number of nitrogens with zero attached hydrogens (tertiary/aromatic N) is 3. The molecular weight excluding hydrogens is 286 g/mol. The van der Waals surface area contributed by atoms with Crippen LogP contribution in [0.15, 0.2) is 18.3 Å². The van der Waals surface area contributed by atoms with Crippen molar-refractivity contribution in [3.05, 3.63) is 34.1 Å². The largest absolute Gasteiger partial charge is 0.361 e. The predicted molar refractivity (Wildman–Crippen MR) is 85.2 cm³/mol. The molecule has 0 amide bonds. The van der Waals surface area contributed by atoms with Crippen LogP contribution in [0.4, 0.5) is 5.69 Å². The molecule has 0 aliphatic heterocycles. The van der Waals surface area contributed by atoms with Crippen LogP contribution in [0.2, 0.25) is 25.7 Å². The summed E-state index contributed by atoms with van der Waals surface area (Å²) in [5, 5.41) is 11.7. The molecule has 0 aliphatic carbocycles. The van der Waals surface area contributed by atoms with Crippen molar-refractivity contribution in [1.82, 2.24) is 9.55 Å². The average Bonchev–Trinajstić information content (AvgIpc) is 2.74. The quantitative estimate of drug-likeness (QED) is 0.354. The fourth-order valence-corrected chi connectivity index (χ4v) is 2.78. The summed E-state index contributed by atoms with van der Waals surface area (Å²) in [6.07, 6.45) is 1.86. The molecule has 114 valence electrons. The monoisotopic (exact) mass is 307 g/mol. The van der Waals surface area contributed by atoms with Gasteiger partial charge < -0.3 is 9.30 Å². The van der Waals surface area contributed by atoms with E-state index in [4.69, 9.17) is 4.74 Å². The van der Waals surface area contributed by atoms with E-state index in [1.54, 1.807) is 13.0 Å². The van der Waals surface area contributed by atoms with Gasteiger partial charge in [-0.25, -0.2) is 4.98 Å². The minimum absolute atomic E-state index is 0.0555. The van der Waals surface area contributed by atoms with Crippen LogP contribution in [-0.2, 0) is 11.5 Å². The Morgan fingerprint density at radius 1 is 1.43 bits per heavy atom. The topological polar surface area (TPSA) is 70.2 Å². The van der Waals surface area contributed by atoms with Crippen molar-refractivity contribution in [2.75, 3.05) is 6.61 Å². The number of aryl methyl sites for hydroxylation is 1. The first-order valence-electron chi connectivity index (χ1n) is 6.96. The second-order valence-electron chi connectivity index (χ2n) is 6.40. The van der Waals surface area contributed by atoms with Crippen molar-refractivity contribution < 1.29 is 9.66 Å². The van der Waals surface area contributed by atoms with Crippen molar-refractivity contribution in [2.45, 2.75) is 39.3 Å². The molecule has 21 heavy (non-hydrogen) atoms. The van der Waals surface area contributed by atoms with E-state index in [-0.39, 0.29) is 5.69 Å². The molecule has 0 unspecified atom stereocenters. The van der Waals surface area contributed by atoms with E-state index in [9.17, 15) is 10.1 Å². The molecule has 0 aliphatic rings. The SMILES string of the molecule is Cc1nc2c(ccn2COCC[Si](C)(C)C)cc1[N+](=O)[O-]. The summed E-state index contributed by atoms with van der Waals surface area (Å²) in [4.78, 5) is 14.9. The minimum atomic E-state index is -1.09. The van der Waals surface area contributed by atoms with Crippen molar-refractivity contribution in [3.8, 4) is 0 Å². The fraction of sp³-hybridized carbons (Fsp3) is 0.500. The normalized spacial score (nSPS) is 12.0. The van der Waals surface area contributed by atoms with Gasteiger partial charge in [0.05, 0.1) is 4.92 Å². The lowest BCUT2D eigenvalue weighted by Gasteiger charge is -2.15. The highest BCUT2D eigenvalue weighted by Crippen LogP contribution is 2.23. The molecule has 2 aromatic rings. The molecule has 2 rings (SSSR count). The van der Waals surface area contributed by atoms with Gasteiger partial charge in [0.2, 0.25) is 0 Å². The van der Waals surface area contributed by atoms with Crippen LogP contribution in [0.25, 0.3) is 11.0 Å². The van der Waals surface area contributed by atoms with Gasteiger partial charge >= 0.3 is 0 Å². The molecule has 0 saturated heterocycles. The van der Waals surface area contributed by atoms with Crippen molar-refractivity contribution in [2.24, 2.45) is 0 Å². The molecule has 0 aromatic carbocycles. The van der Waals surface area contributed by atoms with Crippen LogP contribution in [0.5, 0.6) is 0 Å². The standard InChI is InChI=1S/C14H21N3O3Si/c1-11-13(17(18)19)9-12-5-6-16(14(12)15-11)10-20-7-8-21(2,3)4/h5-6,9H,7-8,10H2,1-4H3. The molecule has 2 heterocycles. The summed E-state index contributed by atoms with van der Waals surface area (Å²) in [6, 6.07) is 4.51. The number of aromatic nitrogens is 2. The summed E-state index contributed by atoms with van der Waals surface area (Å²) in [7, 11) is -1.09. The Morgan fingerprint density at radius 2 is 2.14 bits per heavy atom. The Kier molecular flexibility index (Phi) is 4.43. The second-order valence-corrected chi connectivity index (χ2v) is 12.0. The van der Waals surface area contributed by atoms with Crippen LogP contribution < -0.4 is 0 Å². The lowest BCUT2D eigenvalue weighted by Crippen LogP contribution is -2.22.